The lowest BCUT2D eigenvalue weighted by Crippen LogP contribution is -2.38. The normalized spacial score (nSPS) is 15.0. The SMILES string of the molecule is CCN(C(=O)c1csc(C2CCN(C(=O)c3c(-c4ccccc4)noc3C)CC2)n1)c1ccc2c(c1)OCO2. The summed E-state index contributed by atoms with van der Waals surface area (Å²) in [5.41, 5.74) is 3.12. The third-order valence-electron chi connectivity index (χ3n) is 7.23. The maximum Gasteiger partial charge on any atom is 0.277 e. The van der Waals surface area contributed by atoms with Gasteiger partial charge in [-0.15, -0.1) is 11.3 Å². The van der Waals surface area contributed by atoms with E-state index < -0.39 is 0 Å². The van der Waals surface area contributed by atoms with E-state index in [9.17, 15) is 9.59 Å². The van der Waals surface area contributed by atoms with Crippen LogP contribution in [0.25, 0.3) is 11.3 Å². The second kappa shape index (κ2) is 10.5. The van der Waals surface area contributed by atoms with Crippen molar-refractivity contribution in [2.24, 2.45) is 0 Å². The van der Waals surface area contributed by atoms with Gasteiger partial charge in [0.15, 0.2) is 11.5 Å². The van der Waals surface area contributed by atoms with E-state index in [4.69, 9.17) is 19.0 Å². The lowest BCUT2D eigenvalue weighted by Gasteiger charge is -2.31. The van der Waals surface area contributed by atoms with E-state index >= 15 is 0 Å². The second-order valence-electron chi connectivity index (χ2n) is 9.55. The number of rotatable bonds is 6. The van der Waals surface area contributed by atoms with E-state index in [0.717, 1.165) is 29.1 Å². The zero-order valence-corrected chi connectivity index (χ0v) is 22.6. The van der Waals surface area contributed by atoms with E-state index in [2.05, 4.69) is 5.16 Å². The quantitative estimate of drug-likeness (QED) is 0.315. The summed E-state index contributed by atoms with van der Waals surface area (Å²) in [6.07, 6.45) is 1.55. The fourth-order valence-electron chi connectivity index (χ4n) is 5.11. The molecule has 2 aliphatic heterocycles. The van der Waals surface area contributed by atoms with Gasteiger partial charge in [-0.2, -0.15) is 0 Å². The van der Waals surface area contributed by atoms with Gasteiger partial charge >= 0.3 is 0 Å². The minimum Gasteiger partial charge on any atom is -0.454 e. The average molecular weight is 545 g/mol. The molecule has 10 heteroatoms. The van der Waals surface area contributed by atoms with Gasteiger partial charge in [0.05, 0.1) is 5.01 Å². The smallest absolute Gasteiger partial charge is 0.277 e. The van der Waals surface area contributed by atoms with Gasteiger partial charge in [-0.3, -0.25) is 9.59 Å². The van der Waals surface area contributed by atoms with Crippen LogP contribution in [0.5, 0.6) is 11.5 Å². The number of ether oxygens (including phenoxy) is 2. The Labute approximate surface area is 230 Å². The minimum atomic E-state index is -0.150. The third kappa shape index (κ3) is 4.76. The first-order chi connectivity index (χ1) is 19.0. The van der Waals surface area contributed by atoms with Crippen molar-refractivity contribution in [1.82, 2.24) is 15.0 Å². The van der Waals surface area contributed by atoms with E-state index in [1.165, 1.54) is 11.3 Å². The van der Waals surface area contributed by atoms with Gasteiger partial charge in [-0.25, -0.2) is 4.98 Å². The standard InChI is InChI=1S/C29H28N4O5S/c1-3-33(21-9-10-23-24(15-21)37-17-36-23)28(34)22-16-39-27(30-22)20-11-13-32(14-12-20)29(35)25-18(2)38-31-26(25)19-7-5-4-6-8-19/h4-10,15-16,20H,3,11-14,17H2,1-2H3. The van der Waals surface area contributed by atoms with E-state index in [-0.39, 0.29) is 24.5 Å². The van der Waals surface area contributed by atoms with Crippen LogP contribution in [0.3, 0.4) is 0 Å². The van der Waals surface area contributed by atoms with Crippen molar-refractivity contribution in [3.05, 3.63) is 75.9 Å². The topological polar surface area (TPSA) is 98.0 Å². The first kappa shape index (κ1) is 25.1. The molecular formula is C29H28N4O5S. The zero-order valence-electron chi connectivity index (χ0n) is 21.8. The van der Waals surface area contributed by atoms with Gasteiger partial charge < -0.3 is 23.8 Å². The number of anilines is 1. The van der Waals surface area contributed by atoms with Crippen LogP contribution in [-0.4, -0.2) is 53.3 Å². The number of benzene rings is 2. The van der Waals surface area contributed by atoms with Crippen molar-refractivity contribution in [3.8, 4) is 22.8 Å². The number of piperidine rings is 1. The molecule has 6 rings (SSSR count). The van der Waals surface area contributed by atoms with Crippen molar-refractivity contribution in [2.45, 2.75) is 32.6 Å². The molecule has 39 heavy (non-hydrogen) atoms. The van der Waals surface area contributed by atoms with Gasteiger partial charge in [0, 0.05) is 48.2 Å². The molecule has 0 radical (unpaired) electrons. The van der Waals surface area contributed by atoms with Crippen LogP contribution in [0.1, 0.15) is 57.3 Å². The maximum atomic E-state index is 13.5. The summed E-state index contributed by atoms with van der Waals surface area (Å²) < 4.78 is 16.3. The van der Waals surface area contributed by atoms with Crippen molar-refractivity contribution in [3.63, 3.8) is 0 Å². The maximum absolute atomic E-state index is 13.5. The van der Waals surface area contributed by atoms with Crippen molar-refractivity contribution < 1.29 is 23.6 Å². The van der Waals surface area contributed by atoms with Crippen LogP contribution >= 0.6 is 11.3 Å². The molecule has 1 fully saturated rings. The first-order valence-electron chi connectivity index (χ1n) is 13.0. The molecule has 4 aromatic rings. The van der Waals surface area contributed by atoms with Crippen LogP contribution in [-0.2, 0) is 0 Å². The Morgan fingerprint density at radius 2 is 1.85 bits per heavy atom. The number of nitrogens with zero attached hydrogens (tertiary/aromatic N) is 4. The predicted octanol–water partition coefficient (Wildman–Crippen LogP) is 5.52. The van der Waals surface area contributed by atoms with Gasteiger partial charge in [-0.05, 0) is 38.8 Å². The highest BCUT2D eigenvalue weighted by molar-refractivity contribution is 7.10. The highest BCUT2D eigenvalue weighted by Gasteiger charge is 2.31. The fourth-order valence-corrected chi connectivity index (χ4v) is 6.08. The monoisotopic (exact) mass is 544 g/mol. The molecule has 2 amide bonds. The predicted molar refractivity (Wildman–Crippen MR) is 147 cm³/mol. The van der Waals surface area contributed by atoms with E-state index in [1.54, 1.807) is 11.8 Å². The van der Waals surface area contributed by atoms with Crippen LogP contribution in [0.15, 0.2) is 58.4 Å². The Morgan fingerprint density at radius 1 is 1.08 bits per heavy atom. The summed E-state index contributed by atoms with van der Waals surface area (Å²) in [6.45, 7) is 5.59. The van der Waals surface area contributed by atoms with Crippen molar-refractivity contribution in [1.29, 1.82) is 0 Å². The Hall–Kier alpha value is -4.18. The number of fused-ring (bicyclic) bond motifs is 1. The minimum absolute atomic E-state index is 0.0663. The van der Waals surface area contributed by atoms with Gasteiger partial charge in [0.2, 0.25) is 6.79 Å². The molecule has 0 atom stereocenters. The van der Waals surface area contributed by atoms with Crippen molar-refractivity contribution in [2.75, 3.05) is 31.3 Å². The molecule has 200 valence electrons. The zero-order chi connectivity index (χ0) is 26.9. The number of amides is 2. The summed E-state index contributed by atoms with van der Waals surface area (Å²) in [5.74, 6) is 1.81. The average Bonchev–Trinajstić information content (AvgIpc) is 3.73. The van der Waals surface area contributed by atoms with Crippen LogP contribution < -0.4 is 14.4 Å². The molecule has 0 aliphatic carbocycles. The molecule has 0 saturated carbocycles. The molecule has 0 unspecified atom stereocenters. The number of hydrogen-bond acceptors (Lipinski definition) is 8. The van der Waals surface area contributed by atoms with E-state index in [0.29, 0.717) is 53.8 Å². The van der Waals surface area contributed by atoms with Crippen molar-refractivity contribution >= 4 is 28.8 Å². The number of aryl methyl sites for hydroxylation is 1. The number of carbonyl (C=O) groups excluding carboxylic acids is 2. The molecule has 1 saturated heterocycles. The van der Waals surface area contributed by atoms with E-state index in [1.807, 2.05) is 65.7 Å². The summed E-state index contributed by atoms with van der Waals surface area (Å²) in [7, 11) is 0. The molecule has 0 N–H and O–H groups in total. The van der Waals surface area contributed by atoms with Crippen LogP contribution in [0, 0.1) is 6.92 Å². The van der Waals surface area contributed by atoms with Gasteiger partial charge in [-0.1, -0.05) is 35.5 Å². The molecule has 2 aliphatic rings. The summed E-state index contributed by atoms with van der Waals surface area (Å²) in [5, 5.41) is 6.92. The lowest BCUT2D eigenvalue weighted by molar-refractivity contribution is 0.0711. The number of hydrogen-bond donors (Lipinski definition) is 0. The fraction of sp³-hybridized carbons (Fsp3) is 0.310. The molecule has 4 heterocycles. The molecule has 0 spiro atoms. The highest BCUT2D eigenvalue weighted by atomic mass is 32.1. The molecule has 2 aromatic heterocycles. The largest absolute Gasteiger partial charge is 0.454 e. The summed E-state index contributed by atoms with van der Waals surface area (Å²) >= 11 is 1.51. The Balaban J connectivity index is 1.12. The molecule has 0 bridgehead atoms. The van der Waals surface area contributed by atoms with Gasteiger partial charge in [0.1, 0.15) is 22.7 Å². The Bertz CT molecular complexity index is 1510. The summed E-state index contributed by atoms with van der Waals surface area (Å²) in [4.78, 5) is 35.1. The molecule has 9 nitrogen and oxygen atoms in total. The number of likely N-dealkylation sites (tertiary alicyclic amines) is 1. The lowest BCUT2D eigenvalue weighted by atomic mass is 9.96. The third-order valence-corrected chi connectivity index (χ3v) is 8.23. The Morgan fingerprint density at radius 3 is 2.62 bits per heavy atom. The summed E-state index contributed by atoms with van der Waals surface area (Å²) in [6, 6.07) is 15.1. The number of aromatic nitrogens is 2. The molecular weight excluding hydrogens is 516 g/mol. The number of thiazole rings is 1. The number of carbonyl (C=O) groups is 2. The van der Waals surface area contributed by atoms with Gasteiger partial charge in [0.25, 0.3) is 11.8 Å². The first-order valence-corrected chi connectivity index (χ1v) is 13.9. The Kier molecular flexibility index (Phi) is 6.78. The second-order valence-corrected chi connectivity index (χ2v) is 10.4. The highest BCUT2D eigenvalue weighted by Crippen LogP contribution is 2.37. The molecule has 2 aromatic carbocycles. The van der Waals surface area contributed by atoms with Crippen LogP contribution in [0.2, 0.25) is 0 Å². The van der Waals surface area contributed by atoms with Crippen LogP contribution in [0.4, 0.5) is 5.69 Å².